The molecule has 5 nitrogen and oxygen atoms in total. The molecule has 0 saturated heterocycles. The van der Waals surface area contributed by atoms with Crippen LogP contribution < -0.4 is 0 Å². The maximum Gasteiger partial charge on any atom is 0.349 e. The number of hydrogen-bond donors (Lipinski definition) is 2. The molecular weight excluding hydrogens is 494 g/mol. The maximum atomic E-state index is 17.3. The van der Waals surface area contributed by atoms with Crippen LogP contribution in [0.3, 0.4) is 0 Å². The number of aliphatic hydroxyl groups is 1. The van der Waals surface area contributed by atoms with E-state index in [0.717, 1.165) is 6.08 Å². The topological polar surface area (TPSA) is 80.7 Å². The summed E-state index contributed by atoms with van der Waals surface area (Å²) in [4.78, 5) is 38.5. The van der Waals surface area contributed by atoms with E-state index in [1.807, 2.05) is 0 Å². The first kappa shape index (κ1) is 24.8. The number of aliphatic hydroxyl groups excluding tert-OH is 1. The van der Waals surface area contributed by atoms with Crippen LogP contribution in [0.4, 0.5) is 8.78 Å². The minimum Gasteiger partial charge on any atom is -0.445 e. The van der Waals surface area contributed by atoms with Gasteiger partial charge in [0.05, 0.1) is 6.10 Å². The monoisotopic (exact) mass is 522 g/mol. The summed E-state index contributed by atoms with van der Waals surface area (Å²) in [7, 11) is 0. The average molecular weight is 523 g/mol. The van der Waals surface area contributed by atoms with Gasteiger partial charge in [-0.2, -0.15) is 0 Å². The maximum absolute atomic E-state index is 17.3. The predicted molar refractivity (Wildman–Crippen MR) is 130 cm³/mol. The molecule has 35 heavy (non-hydrogen) atoms. The number of ether oxygens (including phenoxy) is 1. The number of hydrogen-bond acceptors (Lipinski definition) is 6. The molecule has 3 fully saturated rings. The molecular formula is C26H28F2O5S2. The number of ketones is 1. The minimum atomic E-state index is -2.27. The Labute approximate surface area is 212 Å². The fourth-order valence-corrected chi connectivity index (χ4v) is 8.95. The van der Waals surface area contributed by atoms with Crippen molar-refractivity contribution in [1.29, 1.82) is 0 Å². The van der Waals surface area contributed by atoms with Crippen molar-refractivity contribution >= 4 is 40.8 Å². The summed E-state index contributed by atoms with van der Waals surface area (Å²) in [6.07, 6.45) is 0.454. The van der Waals surface area contributed by atoms with Crippen molar-refractivity contribution < 1.29 is 33.0 Å². The summed E-state index contributed by atoms with van der Waals surface area (Å²) in [5.74, 6) is -3.16. The summed E-state index contributed by atoms with van der Waals surface area (Å²) >= 11 is 5.32. The molecule has 4 aliphatic rings. The van der Waals surface area contributed by atoms with Gasteiger partial charge in [0.1, 0.15) is 11.0 Å². The number of carbonyl (C=O) groups is 3. The second-order valence-electron chi connectivity index (χ2n) is 10.9. The predicted octanol–water partition coefficient (Wildman–Crippen LogP) is 4.66. The van der Waals surface area contributed by atoms with Crippen molar-refractivity contribution in [3.05, 3.63) is 46.2 Å². The zero-order chi connectivity index (χ0) is 25.6. The SMILES string of the molecule is C[C@@H]1C[C@H]2[C@@H]3C[C@H](F)C4=CC(=O)C=C[C@]4(C)[C@@]3(F)[C@@H](O)C[C@]2(C)[C@@]1(OC(=O)c1cccs1)C(=O)S. The van der Waals surface area contributed by atoms with E-state index in [-0.39, 0.29) is 18.4 Å². The number of esters is 1. The summed E-state index contributed by atoms with van der Waals surface area (Å²) < 4.78 is 38.8. The van der Waals surface area contributed by atoms with E-state index in [1.54, 1.807) is 31.4 Å². The second kappa shape index (κ2) is 7.83. The molecule has 0 radical (unpaired) electrons. The van der Waals surface area contributed by atoms with Crippen LogP contribution >= 0.6 is 24.0 Å². The molecule has 1 heterocycles. The Morgan fingerprint density at radius 2 is 1.97 bits per heavy atom. The van der Waals surface area contributed by atoms with E-state index in [2.05, 4.69) is 12.6 Å². The fourth-order valence-electron chi connectivity index (χ4n) is 7.83. The third-order valence-corrected chi connectivity index (χ3v) is 10.6. The third kappa shape index (κ3) is 2.98. The van der Waals surface area contributed by atoms with Crippen molar-refractivity contribution in [2.75, 3.05) is 0 Å². The number of carbonyl (C=O) groups excluding carboxylic acids is 3. The minimum absolute atomic E-state index is 0.0399. The largest absolute Gasteiger partial charge is 0.445 e. The molecule has 1 aromatic heterocycles. The lowest BCUT2D eigenvalue weighted by Crippen LogP contribution is -2.70. The van der Waals surface area contributed by atoms with E-state index < -0.39 is 69.0 Å². The Hall–Kier alpha value is -1.84. The lowest BCUT2D eigenvalue weighted by Gasteiger charge is -2.63. The molecule has 0 unspecified atom stereocenters. The van der Waals surface area contributed by atoms with Gasteiger partial charge in [0.15, 0.2) is 17.1 Å². The molecule has 9 atom stereocenters. The molecule has 3 saturated carbocycles. The van der Waals surface area contributed by atoms with Crippen LogP contribution in [0.1, 0.15) is 49.7 Å². The van der Waals surface area contributed by atoms with Gasteiger partial charge in [-0.1, -0.05) is 26.0 Å². The van der Waals surface area contributed by atoms with Gasteiger partial charge in [-0.05, 0) is 61.3 Å². The van der Waals surface area contributed by atoms with E-state index in [1.165, 1.54) is 30.4 Å². The standard InChI is InChI=1S/C26H28F2O5S2/c1-13-9-15-16-11-18(27)17-10-14(29)6-7-23(17,2)25(16,28)20(30)12-24(15,3)26(13,22(32)34)33-21(31)19-5-4-8-35-19/h4-8,10,13,15-16,18,20,30H,9,11-12H2,1-3H3,(H,32,34)/t13-,15+,16+,18+,20+,23+,24+,25+,26+/m1/s1. The molecule has 1 N–H and O–H groups in total. The molecule has 0 aromatic carbocycles. The van der Waals surface area contributed by atoms with Crippen molar-refractivity contribution in [3.63, 3.8) is 0 Å². The Morgan fingerprint density at radius 1 is 1.26 bits per heavy atom. The quantitative estimate of drug-likeness (QED) is 0.446. The van der Waals surface area contributed by atoms with Crippen LogP contribution in [0.2, 0.25) is 0 Å². The van der Waals surface area contributed by atoms with Crippen LogP contribution in [0, 0.1) is 28.6 Å². The van der Waals surface area contributed by atoms with Gasteiger partial charge in [0, 0.05) is 22.7 Å². The molecule has 4 aliphatic carbocycles. The highest BCUT2D eigenvalue weighted by atomic mass is 32.1. The first-order chi connectivity index (χ1) is 16.3. The number of thiophene rings is 1. The summed E-state index contributed by atoms with van der Waals surface area (Å²) in [5, 5.41) is 12.5. The number of rotatable bonds is 3. The summed E-state index contributed by atoms with van der Waals surface area (Å²) in [6, 6.07) is 3.28. The number of thiol groups is 1. The first-order valence-electron chi connectivity index (χ1n) is 11.8. The molecule has 0 amide bonds. The summed E-state index contributed by atoms with van der Waals surface area (Å²) in [5.41, 5.74) is -6.64. The Balaban J connectivity index is 1.62. The van der Waals surface area contributed by atoms with Gasteiger partial charge in [-0.3, -0.25) is 9.59 Å². The van der Waals surface area contributed by atoms with Crippen molar-refractivity contribution in [2.45, 2.75) is 63.6 Å². The second-order valence-corrected chi connectivity index (χ2v) is 12.3. The Morgan fingerprint density at radius 3 is 2.60 bits per heavy atom. The number of halogens is 2. The van der Waals surface area contributed by atoms with E-state index >= 15 is 8.78 Å². The van der Waals surface area contributed by atoms with E-state index in [0.29, 0.717) is 11.3 Å². The third-order valence-electron chi connectivity index (χ3n) is 9.46. The Kier molecular flexibility index (Phi) is 5.55. The van der Waals surface area contributed by atoms with Gasteiger partial charge in [0.2, 0.25) is 5.12 Å². The normalized spacial score (nSPS) is 46.3. The van der Waals surface area contributed by atoms with Gasteiger partial charge in [-0.15, -0.1) is 24.0 Å². The molecule has 0 spiro atoms. The van der Waals surface area contributed by atoms with Crippen molar-refractivity contribution in [1.82, 2.24) is 0 Å². The highest BCUT2D eigenvalue weighted by Crippen LogP contribution is 2.71. The van der Waals surface area contributed by atoms with Gasteiger partial charge in [0.25, 0.3) is 0 Å². The highest BCUT2D eigenvalue weighted by molar-refractivity contribution is 7.96. The highest BCUT2D eigenvalue weighted by Gasteiger charge is 2.78. The fraction of sp³-hybridized carbons (Fsp3) is 0.577. The average Bonchev–Trinajstić information content (AvgIpc) is 3.39. The molecule has 9 heteroatoms. The lowest BCUT2D eigenvalue weighted by atomic mass is 9.44. The molecule has 188 valence electrons. The van der Waals surface area contributed by atoms with Crippen molar-refractivity contribution in [3.8, 4) is 0 Å². The summed E-state index contributed by atoms with van der Waals surface area (Å²) in [6.45, 7) is 5.01. The van der Waals surface area contributed by atoms with Crippen LogP contribution in [0.15, 0.2) is 41.3 Å². The van der Waals surface area contributed by atoms with Crippen LogP contribution in [-0.4, -0.2) is 45.5 Å². The van der Waals surface area contributed by atoms with Gasteiger partial charge in [-0.25, -0.2) is 13.6 Å². The van der Waals surface area contributed by atoms with Gasteiger partial charge >= 0.3 is 5.97 Å². The number of alkyl halides is 2. The van der Waals surface area contributed by atoms with Gasteiger partial charge < -0.3 is 9.84 Å². The first-order valence-corrected chi connectivity index (χ1v) is 13.1. The zero-order valence-electron chi connectivity index (χ0n) is 19.7. The van der Waals surface area contributed by atoms with Crippen LogP contribution in [0.5, 0.6) is 0 Å². The van der Waals surface area contributed by atoms with Crippen LogP contribution in [0.25, 0.3) is 0 Å². The Bertz CT molecular complexity index is 1160. The van der Waals surface area contributed by atoms with E-state index in [9.17, 15) is 19.5 Å². The number of allylic oxidation sites excluding steroid dienone is 4. The van der Waals surface area contributed by atoms with E-state index in [4.69, 9.17) is 4.74 Å². The van der Waals surface area contributed by atoms with Crippen molar-refractivity contribution in [2.24, 2.45) is 28.6 Å². The van der Waals surface area contributed by atoms with Crippen LogP contribution in [-0.2, 0) is 14.3 Å². The molecule has 0 aliphatic heterocycles. The molecule has 1 aromatic rings. The molecule has 5 rings (SSSR count). The number of fused-ring (bicyclic) bond motifs is 5. The lowest BCUT2D eigenvalue weighted by molar-refractivity contribution is -0.221. The zero-order valence-corrected chi connectivity index (χ0v) is 21.4. The molecule has 0 bridgehead atoms. The smallest absolute Gasteiger partial charge is 0.349 e.